The molecule has 0 unspecified atom stereocenters. The molecule has 0 aromatic heterocycles. The first-order valence-corrected chi connectivity index (χ1v) is 4.86. The Kier molecular flexibility index (Phi) is 3.53. The first-order chi connectivity index (χ1) is 6.50. The van der Waals surface area contributed by atoms with Gasteiger partial charge >= 0.3 is 5.97 Å². The third kappa shape index (κ3) is 2.74. The third-order valence-corrected chi connectivity index (χ3v) is 2.60. The lowest BCUT2D eigenvalue weighted by atomic mass is 10.0. The van der Waals surface area contributed by atoms with E-state index in [4.69, 9.17) is 16.7 Å². The molecule has 0 radical (unpaired) electrons. The summed E-state index contributed by atoms with van der Waals surface area (Å²) < 4.78 is 0. The van der Waals surface area contributed by atoms with Crippen molar-refractivity contribution in [3.8, 4) is 0 Å². The van der Waals surface area contributed by atoms with Gasteiger partial charge in [0, 0.05) is 11.4 Å². The third-order valence-electron chi connectivity index (χ3n) is 2.20. The lowest BCUT2D eigenvalue weighted by Gasteiger charge is -2.07. The van der Waals surface area contributed by atoms with Crippen LogP contribution in [0, 0.1) is 13.8 Å². The molecule has 0 saturated heterocycles. The Bertz CT molecular complexity index is 359. The highest BCUT2D eigenvalue weighted by Gasteiger charge is 2.06. The molecule has 1 N–H and O–H groups in total. The van der Waals surface area contributed by atoms with Crippen molar-refractivity contribution in [2.45, 2.75) is 26.7 Å². The molecular formula is C11H13ClO2. The molecule has 0 spiro atoms. The van der Waals surface area contributed by atoms with Crippen molar-refractivity contribution in [2.75, 3.05) is 0 Å². The van der Waals surface area contributed by atoms with Crippen molar-refractivity contribution in [1.82, 2.24) is 0 Å². The van der Waals surface area contributed by atoms with Gasteiger partial charge in [-0.05, 0) is 43.0 Å². The number of carboxylic acid groups (broad SMARTS) is 1. The van der Waals surface area contributed by atoms with Crippen molar-refractivity contribution in [3.05, 3.63) is 33.8 Å². The van der Waals surface area contributed by atoms with Crippen LogP contribution >= 0.6 is 11.6 Å². The molecule has 0 atom stereocenters. The van der Waals surface area contributed by atoms with Crippen LogP contribution in [0.15, 0.2) is 12.1 Å². The van der Waals surface area contributed by atoms with Crippen molar-refractivity contribution in [2.24, 2.45) is 0 Å². The Hall–Kier alpha value is -1.02. The second kappa shape index (κ2) is 4.47. The van der Waals surface area contributed by atoms with Crippen molar-refractivity contribution < 1.29 is 9.90 Å². The van der Waals surface area contributed by atoms with E-state index >= 15 is 0 Å². The summed E-state index contributed by atoms with van der Waals surface area (Å²) >= 11 is 5.99. The smallest absolute Gasteiger partial charge is 0.303 e. The molecule has 1 aromatic rings. The molecule has 0 aliphatic carbocycles. The number of carboxylic acids is 1. The standard InChI is InChI=1S/C11H13ClO2/c1-7-5-9(3-4-11(13)14)8(2)10(12)6-7/h5-6H,3-4H2,1-2H3,(H,13,14). The highest BCUT2D eigenvalue weighted by molar-refractivity contribution is 6.31. The topological polar surface area (TPSA) is 37.3 Å². The van der Waals surface area contributed by atoms with E-state index in [1.54, 1.807) is 0 Å². The zero-order valence-corrected chi connectivity index (χ0v) is 9.06. The van der Waals surface area contributed by atoms with E-state index in [1.807, 2.05) is 26.0 Å². The van der Waals surface area contributed by atoms with Crippen LogP contribution in [0.1, 0.15) is 23.1 Å². The molecule has 0 bridgehead atoms. The summed E-state index contributed by atoms with van der Waals surface area (Å²) in [5.41, 5.74) is 3.08. The van der Waals surface area contributed by atoms with Crippen LogP contribution in [-0.4, -0.2) is 11.1 Å². The van der Waals surface area contributed by atoms with Crippen LogP contribution in [0.2, 0.25) is 5.02 Å². The van der Waals surface area contributed by atoms with Gasteiger partial charge in [-0.2, -0.15) is 0 Å². The van der Waals surface area contributed by atoms with Crippen LogP contribution in [0.25, 0.3) is 0 Å². The van der Waals surface area contributed by atoms with E-state index in [2.05, 4.69) is 0 Å². The molecule has 0 saturated carbocycles. The SMILES string of the molecule is Cc1cc(Cl)c(C)c(CCC(=O)O)c1. The monoisotopic (exact) mass is 212 g/mol. The maximum atomic E-state index is 10.4. The fourth-order valence-corrected chi connectivity index (χ4v) is 1.68. The minimum absolute atomic E-state index is 0.153. The maximum absolute atomic E-state index is 10.4. The van der Waals surface area contributed by atoms with Crippen LogP contribution in [0.5, 0.6) is 0 Å². The van der Waals surface area contributed by atoms with Gasteiger partial charge in [0.2, 0.25) is 0 Å². The minimum atomic E-state index is -0.776. The maximum Gasteiger partial charge on any atom is 0.303 e. The van der Waals surface area contributed by atoms with Crippen LogP contribution in [0.4, 0.5) is 0 Å². The Morgan fingerprint density at radius 3 is 2.64 bits per heavy atom. The first-order valence-electron chi connectivity index (χ1n) is 4.48. The lowest BCUT2D eigenvalue weighted by molar-refractivity contribution is -0.136. The number of halogens is 1. The quantitative estimate of drug-likeness (QED) is 0.837. The molecule has 1 aromatic carbocycles. The zero-order chi connectivity index (χ0) is 10.7. The van der Waals surface area contributed by atoms with Gasteiger partial charge in [0.05, 0.1) is 0 Å². The number of aliphatic carboxylic acids is 1. The Morgan fingerprint density at radius 1 is 1.43 bits per heavy atom. The summed E-state index contributed by atoms with van der Waals surface area (Å²) in [5.74, 6) is -0.776. The van der Waals surface area contributed by atoms with Gasteiger partial charge in [0.25, 0.3) is 0 Å². The predicted octanol–water partition coefficient (Wildman–Crippen LogP) is 2.97. The van der Waals surface area contributed by atoms with E-state index < -0.39 is 5.97 Å². The predicted molar refractivity (Wildman–Crippen MR) is 56.9 cm³/mol. The summed E-state index contributed by atoms with van der Waals surface area (Å²) in [6.45, 7) is 3.87. The number of hydrogen-bond donors (Lipinski definition) is 1. The average Bonchev–Trinajstić information content (AvgIpc) is 2.08. The van der Waals surface area contributed by atoms with Crippen LogP contribution in [0.3, 0.4) is 0 Å². The molecule has 1 rings (SSSR count). The van der Waals surface area contributed by atoms with Gasteiger partial charge in [-0.3, -0.25) is 4.79 Å². The number of carbonyl (C=O) groups is 1. The van der Waals surface area contributed by atoms with Gasteiger partial charge in [-0.15, -0.1) is 0 Å². The van der Waals surface area contributed by atoms with E-state index in [0.29, 0.717) is 11.4 Å². The summed E-state index contributed by atoms with van der Waals surface area (Å²) in [4.78, 5) is 10.4. The highest BCUT2D eigenvalue weighted by atomic mass is 35.5. The Labute approximate surface area is 88.5 Å². The molecule has 0 fully saturated rings. The highest BCUT2D eigenvalue weighted by Crippen LogP contribution is 2.22. The zero-order valence-electron chi connectivity index (χ0n) is 8.30. The van der Waals surface area contributed by atoms with Crippen LogP contribution < -0.4 is 0 Å². The number of benzene rings is 1. The van der Waals surface area contributed by atoms with Crippen LogP contribution in [-0.2, 0) is 11.2 Å². The molecule has 0 aliphatic rings. The van der Waals surface area contributed by atoms with Gasteiger partial charge in [0.1, 0.15) is 0 Å². The molecule has 0 aliphatic heterocycles. The Balaban J connectivity index is 2.90. The summed E-state index contributed by atoms with van der Waals surface area (Å²) in [6.07, 6.45) is 0.698. The average molecular weight is 213 g/mol. The molecule has 3 heteroatoms. The fraction of sp³-hybridized carbons (Fsp3) is 0.364. The molecule has 2 nitrogen and oxygen atoms in total. The molecular weight excluding hydrogens is 200 g/mol. The molecule has 0 heterocycles. The molecule has 76 valence electrons. The second-order valence-corrected chi connectivity index (χ2v) is 3.83. The Morgan fingerprint density at radius 2 is 2.07 bits per heavy atom. The largest absolute Gasteiger partial charge is 0.481 e. The van der Waals surface area contributed by atoms with Gasteiger partial charge < -0.3 is 5.11 Å². The number of hydrogen-bond acceptors (Lipinski definition) is 1. The minimum Gasteiger partial charge on any atom is -0.481 e. The molecule has 0 amide bonds. The number of rotatable bonds is 3. The molecule has 14 heavy (non-hydrogen) atoms. The van der Waals surface area contributed by atoms with Crippen molar-refractivity contribution >= 4 is 17.6 Å². The van der Waals surface area contributed by atoms with Gasteiger partial charge in [0.15, 0.2) is 0 Å². The van der Waals surface area contributed by atoms with E-state index in [0.717, 1.165) is 16.7 Å². The number of aryl methyl sites for hydroxylation is 2. The van der Waals surface area contributed by atoms with E-state index in [-0.39, 0.29) is 6.42 Å². The van der Waals surface area contributed by atoms with Crippen molar-refractivity contribution in [1.29, 1.82) is 0 Å². The van der Waals surface area contributed by atoms with E-state index in [9.17, 15) is 4.79 Å². The summed E-state index contributed by atoms with van der Waals surface area (Å²) in [6, 6.07) is 3.88. The van der Waals surface area contributed by atoms with Gasteiger partial charge in [-0.1, -0.05) is 17.7 Å². The lowest BCUT2D eigenvalue weighted by Crippen LogP contribution is -1.99. The summed E-state index contributed by atoms with van der Waals surface area (Å²) in [7, 11) is 0. The fourth-order valence-electron chi connectivity index (χ4n) is 1.39. The normalized spacial score (nSPS) is 10.2. The second-order valence-electron chi connectivity index (χ2n) is 3.42. The summed E-state index contributed by atoms with van der Waals surface area (Å²) in [5, 5.41) is 9.28. The van der Waals surface area contributed by atoms with E-state index in [1.165, 1.54) is 0 Å². The van der Waals surface area contributed by atoms with Gasteiger partial charge in [-0.25, -0.2) is 0 Å². The first kappa shape index (κ1) is 11.1. The van der Waals surface area contributed by atoms with Crippen molar-refractivity contribution in [3.63, 3.8) is 0 Å².